The first kappa shape index (κ1) is 18.9. The first-order valence-electron chi connectivity index (χ1n) is 10.7. The summed E-state index contributed by atoms with van der Waals surface area (Å²) >= 11 is 0. The first-order chi connectivity index (χ1) is 14.5. The van der Waals surface area contributed by atoms with Crippen LogP contribution < -0.4 is 0 Å². The van der Waals surface area contributed by atoms with Gasteiger partial charge in [-0.15, -0.1) is 0 Å². The number of para-hydroxylation sites is 1. The van der Waals surface area contributed by atoms with Crippen LogP contribution >= 0.6 is 0 Å². The van der Waals surface area contributed by atoms with Crippen LogP contribution in [0.3, 0.4) is 0 Å². The molecule has 1 aliphatic carbocycles. The van der Waals surface area contributed by atoms with E-state index in [9.17, 15) is 9.90 Å². The molecule has 0 unspecified atom stereocenters. The van der Waals surface area contributed by atoms with Crippen LogP contribution in [0.1, 0.15) is 53.8 Å². The third-order valence-corrected chi connectivity index (χ3v) is 6.76. The number of benzene rings is 2. The average molecular weight is 399 g/mol. The molecule has 0 aliphatic heterocycles. The molecule has 2 aromatic carbocycles. The van der Waals surface area contributed by atoms with Crippen molar-refractivity contribution >= 4 is 22.5 Å². The van der Waals surface area contributed by atoms with Gasteiger partial charge in [0.05, 0.1) is 10.9 Å². The predicted octanol–water partition coefficient (Wildman–Crippen LogP) is 5.59. The number of hydrogen-bond acceptors (Lipinski definition) is 2. The highest BCUT2D eigenvalue weighted by Gasteiger charge is 2.42. The average Bonchev–Trinajstić information content (AvgIpc) is 3.34. The maximum atomic E-state index is 12.0. The van der Waals surface area contributed by atoms with Crippen molar-refractivity contribution in [1.82, 2.24) is 9.38 Å². The minimum absolute atomic E-state index is 0.688. The lowest BCUT2D eigenvalue weighted by Crippen LogP contribution is -2.32. The minimum Gasteiger partial charge on any atom is -0.481 e. The lowest BCUT2D eigenvalue weighted by atomic mass is 9.78. The normalized spacial score (nSPS) is 15.8. The molecule has 1 fully saturated rings. The van der Waals surface area contributed by atoms with Crippen molar-refractivity contribution < 1.29 is 9.90 Å². The fraction of sp³-hybridized carbons (Fsp3) is 0.308. The van der Waals surface area contributed by atoms with E-state index in [2.05, 4.69) is 53.8 Å². The van der Waals surface area contributed by atoms with E-state index in [4.69, 9.17) is 4.98 Å². The zero-order chi connectivity index (χ0) is 20.9. The van der Waals surface area contributed by atoms with E-state index in [1.54, 1.807) is 0 Å². The Kier molecular flexibility index (Phi) is 4.39. The lowest BCUT2D eigenvalue weighted by Gasteiger charge is -2.24. The summed E-state index contributed by atoms with van der Waals surface area (Å²) in [5.41, 5.74) is 7.02. The Morgan fingerprint density at radius 2 is 1.77 bits per heavy atom. The second-order valence-corrected chi connectivity index (χ2v) is 8.66. The fourth-order valence-corrected chi connectivity index (χ4v) is 5.26. The van der Waals surface area contributed by atoms with Gasteiger partial charge in [0, 0.05) is 28.8 Å². The van der Waals surface area contributed by atoms with Crippen molar-refractivity contribution in [1.29, 1.82) is 0 Å². The van der Waals surface area contributed by atoms with Crippen molar-refractivity contribution in [2.75, 3.05) is 0 Å². The third kappa shape index (κ3) is 2.82. The molecule has 2 aromatic heterocycles. The molecule has 2 heterocycles. The summed E-state index contributed by atoms with van der Waals surface area (Å²) in [5.74, 6) is -0.688. The highest BCUT2D eigenvalue weighted by molar-refractivity contribution is 5.91. The van der Waals surface area contributed by atoms with Crippen molar-refractivity contribution in [3.63, 3.8) is 0 Å². The molecule has 0 amide bonds. The molecule has 4 nitrogen and oxygen atoms in total. The van der Waals surface area contributed by atoms with Crippen LogP contribution in [0.15, 0.2) is 54.6 Å². The molecule has 0 bridgehead atoms. The Hall–Kier alpha value is -3.14. The minimum atomic E-state index is -0.705. The number of carboxylic acids is 1. The van der Waals surface area contributed by atoms with Crippen LogP contribution in [0.25, 0.3) is 16.6 Å². The number of nitrogens with zero attached hydrogens (tertiary/aromatic N) is 2. The predicted molar refractivity (Wildman–Crippen MR) is 119 cm³/mol. The first-order valence-corrected chi connectivity index (χ1v) is 10.7. The number of hydrogen-bond donors (Lipinski definition) is 1. The SMILES string of the molecule is Cc1cc(C)n2c(n1)c(Cc1ccc(C3(C(=O)O)CCCC3)cc1)c1ccccc12. The van der Waals surface area contributed by atoms with Crippen molar-refractivity contribution in [2.24, 2.45) is 0 Å². The molecule has 1 aliphatic rings. The zero-order valence-corrected chi connectivity index (χ0v) is 17.5. The van der Waals surface area contributed by atoms with Crippen LogP contribution in [-0.4, -0.2) is 20.5 Å². The van der Waals surface area contributed by atoms with E-state index in [-0.39, 0.29) is 0 Å². The summed E-state index contributed by atoms with van der Waals surface area (Å²) in [7, 11) is 0. The highest BCUT2D eigenvalue weighted by atomic mass is 16.4. The number of fused-ring (bicyclic) bond motifs is 3. The molecule has 1 N–H and O–H groups in total. The summed E-state index contributed by atoms with van der Waals surface area (Å²) in [5, 5.41) is 11.1. The van der Waals surface area contributed by atoms with Gasteiger partial charge in [-0.05, 0) is 49.9 Å². The summed E-state index contributed by atoms with van der Waals surface area (Å²) in [6, 6.07) is 18.8. The number of aromatic nitrogens is 2. The molecule has 30 heavy (non-hydrogen) atoms. The molecule has 0 atom stereocenters. The summed E-state index contributed by atoms with van der Waals surface area (Å²) in [6.07, 6.45) is 4.22. The number of rotatable bonds is 4. The van der Waals surface area contributed by atoms with Gasteiger partial charge in [-0.25, -0.2) is 4.98 Å². The van der Waals surface area contributed by atoms with Gasteiger partial charge in [-0.3, -0.25) is 9.20 Å². The number of carboxylic acid groups (broad SMARTS) is 1. The highest BCUT2D eigenvalue weighted by Crippen LogP contribution is 2.41. The van der Waals surface area contributed by atoms with Gasteiger partial charge in [0.25, 0.3) is 0 Å². The van der Waals surface area contributed by atoms with Crippen LogP contribution in [-0.2, 0) is 16.6 Å². The van der Waals surface area contributed by atoms with Gasteiger partial charge in [-0.2, -0.15) is 0 Å². The summed E-state index contributed by atoms with van der Waals surface area (Å²) in [6.45, 7) is 4.16. The Balaban J connectivity index is 1.58. The van der Waals surface area contributed by atoms with Crippen LogP contribution in [0.5, 0.6) is 0 Å². The van der Waals surface area contributed by atoms with Crippen molar-refractivity contribution in [3.8, 4) is 0 Å². The Morgan fingerprint density at radius 3 is 2.47 bits per heavy atom. The van der Waals surface area contributed by atoms with Crippen LogP contribution in [0.4, 0.5) is 0 Å². The van der Waals surface area contributed by atoms with Crippen LogP contribution in [0.2, 0.25) is 0 Å². The molecular weight excluding hydrogens is 372 g/mol. The van der Waals surface area contributed by atoms with Gasteiger partial charge in [0.2, 0.25) is 0 Å². The van der Waals surface area contributed by atoms with Gasteiger partial charge in [0.1, 0.15) is 5.65 Å². The maximum absolute atomic E-state index is 12.0. The van der Waals surface area contributed by atoms with E-state index in [1.807, 2.05) is 19.1 Å². The molecular formula is C26H26N2O2. The summed E-state index contributed by atoms with van der Waals surface area (Å²) in [4.78, 5) is 16.9. The molecule has 0 spiro atoms. The Morgan fingerprint density at radius 1 is 1.07 bits per heavy atom. The number of aryl methyl sites for hydroxylation is 2. The monoisotopic (exact) mass is 398 g/mol. The smallest absolute Gasteiger partial charge is 0.314 e. The third-order valence-electron chi connectivity index (χ3n) is 6.76. The second-order valence-electron chi connectivity index (χ2n) is 8.66. The van der Waals surface area contributed by atoms with Gasteiger partial charge >= 0.3 is 5.97 Å². The Labute approximate surface area is 176 Å². The lowest BCUT2D eigenvalue weighted by molar-refractivity contribution is -0.143. The molecule has 5 rings (SSSR count). The number of aliphatic carboxylic acids is 1. The molecule has 0 radical (unpaired) electrons. The maximum Gasteiger partial charge on any atom is 0.314 e. The fourth-order valence-electron chi connectivity index (χ4n) is 5.26. The van der Waals surface area contributed by atoms with E-state index in [0.29, 0.717) is 0 Å². The van der Waals surface area contributed by atoms with Gasteiger partial charge < -0.3 is 5.11 Å². The number of carbonyl (C=O) groups is 1. The van der Waals surface area contributed by atoms with E-state index in [1.165, 1.54) is 27.7 Å². The van der Waals surface area contributed by atoms with Gasteiger partial charge in [-0.1, -0.05) is 55.3 Å². The molecule has 0 saturated heterocycles. The molecule has 4 aromatic rings. The van der Waals surface area contributed by atoms with E-state index < -0.39 is 11.4 Å². The Bertz CT molecular complexity index is 1260. The molecule has 4 heteroatoms. The van der Waals surface area contributed by atoms with E-state index in [0.717, 1.165) is 49.0 Å². The van der Waals surface area contributed by atoms with Gasteiger partial charge in [0.15, 0.2) is 0 Å². The zero-order valence-electron chi connectivity index (χ0n) is 17.5. The van der Waals surface area contributed by atoms with Crippen molar-refractivity contribution in [2.45, 2.75) is 51.4 Å². The quantitative estimate of drug-likeness (QED) is 0.487. The van der Waals surface area contributed by atoms with Crippen molar-refractivity contribution in [3.05, 3.63) is 82.7 Å². The largest absolute Gasteiger partial charge is 0.481 e. The second kappa shape index (κ2) is 6.98. The topological polar surface area (TPSA) is 54.6 Å². The van der Waals surface area contributed by atoms with E-state index >= 15 is 0 Å². The summed E-state index contributed by atoms with van der Waals surface area (Å²) < 4.78 is 2.24. The molecule has 152 valence electrons. The van der Waals surface area contributed by atoms with Crippen LogP contribution in [0, 0.1) is 13.8 Å². The molecule has 1 saturated carbocycles. The standard InChI is InChI=1S/C26H26N2O2/c1-17-15-18(2)28-23-8-4-3-7-21(23)22(24(28)27-17)16-19-9-11-20(12-10-19)26(25(29)30)13-5-6-14-26/h3-4,7-12,15H,5-6,13-14,16H2,1-2H3,(H,29,30).